The van der Waals surface area contributed by atoms with Gasteiger partial charge in [0, 0.05) is 6.54 Å². The Morgan fingerprint density at radius 3 is 2.48 bits per heavy atom. The molecule has 0 saturated heterocycles. The third kappa shape index (κ3) is 4.94. The fraction of sp³-hybridized carbons (Fsp3) is 0.263. The van der Waals surface area contributed by atoms with Gasteiger partial charge in [0.25, 0.3) is 0 Å². The van der Waals surface area contributed by atoms with Crippen LogP contribution in [0, 0.1) is 11.3 Å². The minimum atomic E-state index is -0.463. The van der Waals surface area contributed by atoms with Crippen molar-refractivity contribution in [3.8, 4) is 6.07 Å². The van der Waals surface area contributed by atoms with E-state index in [1.807, 2.05) is 42.5 Å². The maximum absolute atomic E-state index is 12.1. The highest BCUT2D eigenvalue weighted by atomic mass is 16.5. The Labute approximate surface area is 136 Å². The highest BCUT2D eigenvalue weighted by molar-refractivity contribution is 5.77. The summed E-state index contributed by atoms with van der Waals surface area (Å²) < 4.78 is 5.15. The average Bonchev–Trinajstić information content (AvgIpc) is 2.60. The van der Waals surface area contributed by atoms with Gasteiger partial charge >= 0.3 is 5.97 Å². The van der Waals surface area contributed by atoms with E-state index in [9.17, 15) is 4.79 Å². The zero-order valence-electron chi connectivity index (χ0n) is 13.2. The Morgan fingerprint density at radius 2 is 1.87 bits per heavy atom. The number of carbonyl (C=O) groups is 1. The van der Waals surface area contributed by atoms with Crippen LogP contribution < -0.4 is 5.32 Å². The smallest absolute Gasteiger partial charge is 0.327 e. The van der Waals surface area contributed by atoms with Gasteiger partial charge in [-0.05, 0) is 36.6 Å². The van der Waals surface area contributed by atoms with Crippen molar-refractivity contribution >= 4 is 5.97 Å². The number of hydrogen-bond acceptors (Lipinski definition) is 4. The molecule has 2 rings (SSSR count). The van der Waals surface area contributed by atoms with E-state index in [2.05, 4.69) is 11.4 Å². The van der Waals surface area contributed by atoms with E-state index in [4.69, 9.17) is 10.00 Å². The standard InChI is InChI=1S/C19H20N2O2/c1-2-23-19(22)18(17-6-4-3-5-7-17)21-13-12-15-8-10-16(14-20)11-9-15/h3-11,18,21H,2,12-13H2,1H3. The second-order valence-corrected chi connectivity index (χ2v) is 5.11. The lowest BCUT2D eigenvalue weighted by Gasteiger charge is -2.17. The molecule has 0 aliphatic carbocycles. The molecule has 1 unspecified atom stereocenters. The van der Waals surface area contributed by atoms with Gasteiger partial charge in [0.15, 0.2) is 0 Å². The average molecular weight is 308 g/mol. The van der Waals surface area contributed by atoms with Crippen molar-refractivity contribution in [1.29, 1.82) is 5.26 Å². The Morgan fingerprint density at radius 1 is 1.17 bits per heavy atom. The van der Waals surface area contributed by atoms with Crippen molar-refractivity contribution in [3.05, 3.63) is 71.3 Å². The van der Waals surface area contributed by atoms with Gasteiger partial charge in [0.05, 0.1) is 18.2 Å². The van der Waals surface area contributed by atoms with Gasteiger partial charge in [0.2, 0.25) is 0 Å². The highest BCUT2D eigenvalue weighted by Crippen LogP contribution is 2.14. The van der Waals surface area contributed by atoms with E-state index in [-0.39, 0.29) is 5.97 Å². The van der Waals surface area contributed by atoms with Crippen LogP contribution in [0.1, 0.15) is 29.7 Å². The van der Waals surface area contributed by atoms with Gasteiger partial charge in [-0.1, -0.05) is 42.5 Å². The molecule has 0 amide bonds. The summed E-state index contributed by atoms with van der Waals surface area (Å²) in [6.07, 6.45) is 0.772. The number of nitrogens with zero attached hydrogens (tertiary/aromatic N) is 1. The quantitative estimate of drug-likeness (QED) is 0.799. The van der Waals surface area contributed by atoms with Gasteiger partial charge in [-0.25, -0.2) is 4.79 Å². The van der Waals surface area contributed by atoms with Gasteiger partial charge in [-0.2, -0.15) is 5.26 Å². The van der Waals surface area contributed by atoms with Crippen LogP contribution in [0.15, 0.2) is 54.6 Å². The molecule has 0 aliphatic rings. The molecular formula is C19H20N2O2. The second-order valence-electron chi connectivity index (χ2n) is 5.11. The first-order valence-electron chi connectivity index (χ1n) is 7.68. The molecule has 4 heteroatoms. The summed E-state index contributed by atoms with van der Waals surface area (Å²) in [5.74, 6) is -0.265. The topological polar surface area (TPSA) is 62.1 Å². The molecule has 0 bridgehead atoms. The number of nitrogens with one attached hydrogen (secondary N) is 1. The first-order valence-corrected chi connectivity index (χ1v) is 7.68. The van der Waals surface area contributed by atoms with Crippen LogP contribution in [0.3, 0.4) is 0 Å². The lowest BCUT2D eigenvalue weighted by atomic mass is 10.1. The van der Waals surface area contributed by atoms with E-state index in [0.29, 0.717) is 18.7 Å². The number of ether oxygens (including phenoxy) is 1. The van der Waals surface area contributed by atoms with Gasteiger partial charge in [-0.15, -0.1) is 0 Å². The summed E-state index contributed by atoms with van der Waals surface area (Å²) >= 11 is 0. The molecule has 2 aromatic rings. The van der Waals surface area contributed by atoms with Crippen LogP contribution in [-0.4, -0.2) is 19.1 Å². The van der Waals surface area contributed by atoms with Crippen molar-refractivity contribution in [2.45, 2.75) is 19.4 Å². The van der Waals surface area contributed by atoms with E-state index in [1.165, 1.54) is 0 Å². The van der Waals surface area contributed by atoms with Crippen LogP contribution >= 0.6 is 0 Å². The van der Waals surface area contributed by atoms with Crippen molar-refractivity contribution in [3.63, 3.8) is 0 Å². The summed E-state index contributed by atoms with van der Waals surface area (Å²) in [6, 6.07) is 18.7. The SMILES string of the molecule is CCOC(=O)C(NCCc1ccc(C#N)cc1)c1ccccc1. The molecule has 1 atom stereocenters. The molecule has 0 spiro atoms. The monoisotopic (exact) mass is 308 g/mol. The number of esters is 1. The van der Waals surface area contributed by atoms with E-state index >= 15 is 0 Å². The van der Waals surface area contributed by atoms with E-state index in [0.717, 1.165) is 17.5 Å². The summed E-state index contributed by atoms with van der Waals surface area (Å²) in [5, 5.41) is 12.1. The first kappa shape index (κ1) is 16.7. The molecule has 118 valence electrons. The van der Waals surface area contributed by atoms with Gasteiger partial charge in [0.1, 0.15) is 6.04 Å². The number of benzene rings is 2. The van der Waals surface area contributed by atoms with Crippen LogP contribution in [0.25, 0.3) is 0 Å². The minimum absolute atomic E-state index is 0.265. The largest absolute Gasteiger partial charge is 0.465 e. The Bertz CT molecular complexity index is 660. The van der Waals surface area contributed by atoms with E-state index in [1.54, 1.807) is 19.1 Å². The molecule has 23 heavy (non-hydrogen) atoms. The molecule has 0 fully saturated rings. The van der Waals surface area contributed by atoms with Gasteiger partial charge in [-0.3, -0.25) is 0 Å². The number of hydrogen-bond donors (Lipinski definition) is 1. The maximum Gasteiger partial charge on any atom is 0.327 e. The van der Waals surface area contributed by atoms with Crippen LogP contribution in [-0.2, 0) is 16.0 Å². The maximum atomic E-state index is 12.1. The Balaban J connectivity index is 1.98. The minimum Gasteiger partial charge on any atom is -0.465 e. The predicted octanol–water partition coefficient (Wildman–Crippen LogP) is 2.99. The van der Waals surface area contributed by atoms with Crippen LogP contribution in [0.2, 0.25) is 0 Å². The highest BCUT2D eigenvalue weighted by Gasteiger charge is 2.20. The van der Waals surface area contributed by atoms with Gasteiger partial charge < -0.3 is 10.1 Å². The first-order chi connectivity index (χ1) is 11.2. The summed E-state index contributed by atoms with van der Waals surface area (Å²) in [5.41, 5.74) is 2.66. The molecule has 0 aliphatic heterocycles. The Hall–Kier alpha value is -2.64. The lowest BCUT2D eigenvalue weighted by molar-refractivity contribution is -0.145. The van der Waals surface area contributed by atoms with Crippen LogP contribution in [0.4, 0.5) is 0 Å². The van der Waals surface area contributed by atoms with E-state index < -0.39 is 6.04 Å². The lowest BCUT2D eigenvalue weighted by Crippen LogP contribution is -2.31. The molecule has 4 nitrogen and oxygen atoms in total. The molecule has 0 saturated carbocycles. The number of rotatable bonds is 7. The fourth-order valence-corrected chi connectivity index (χ4v) is 2.32. The third-order valence-corrected chi connectivity index (χ3v) is 3.50. The summed E-state index contributed by atoms with van der Waals surface area (Å²) in [7, 11) is 0. The number of carbonyl (C=O) groups excluding carboxylic acids is 1. The molecule has 0 heterocycles. The molecule has 2 aromatic carbocycles. The molecular weight excluding hydrogens is 288 g/mol. The predicted molar refractivity (Wildman–Crippen MR) is 88.7 cm³/mol. The Kier molecular flexibility index (Phi) is 6.34. The van der Waals surface area contributed by atoms with Crippen molar-refractivity contribution < 1.29 is 9.53 Å². The molecule has 0 aromatic heterocycles. The second kappa shape index (κ2) is 8.72. The molecule has 1 N–H and O–H groups in total. The van der Waals surface area contributed by atoms with Crippen LogP contribution in [0.5, 0.6) is 0 Å². The van der Waals surface area contributed by atoms with Crippen molar-refractivity contribution in [1.82, 2.24) is 5.32 Å². The summed E-state index contributed by atoms with van der Waals surface area (Å²) in [4.78, 5) is 12.1. The van der Waals surface area contributed by atoms with Crippen molar-refractivity contribution in [2.24, 2.45) is 0 Å². The fourth-order valence-electron chi connectivity index (χ4n) is 2.32. The molecule has 0 radical (unpaired) electrons. The van der Waals surface area contributed by atoms with Crippen molar-refractivity contribution in [2.75, 3.05) is 13.2 Å². The normalized spacial score (nSPS) is 11.5. The zero-order chi connectivity index (χ0) is 16.5. The third-order valence-electron chi connectivity index (χ3n) is 3.50. The summed E-state index contributed by atoms with van der Waals surface area (Å²) in [6.45, 7) is 2.81. The number of nitriles is 1. The zero-order valence-corrected chi connectivity index (χ0v) is 13.2.